The molecule has 3 aromatic rings. The molecule has 0 radical (unpaired) electrons. The molecule has 286 valence electrons. The third-order valence-electron chi connectivity index (χ3n) is 8.15. The lowest BCUT2D eigenvalue weighted by atomic mass is 9.99. The number of rotatable bonds is 21. The zero-order chi connectivity index (χ0) is 38.6. The van der Waals surface area contributed by atoms with Gasteiger partial charge in [-0.2, -0.15) is 0 Å². The molecule has 2 N–H and O–H groups in total. The first-order chi connectivity index (χ1) is 25.6. The minimum atomic E-state index is -1.01. The molecular weight excluding hydrogens is 680 g/mol. The number of carbonyl (C=O) groups is 3. The van der Waals surface area contributed by atoms with Crippen molar-refractivity contribution in [3.8, 4) is 11.8 Å². The number of halogens is 2. The van der Waals surface area contributed by atoms with Crippen molar-refractivity contribution in [3.05, 3.63) is 106 Å². The molecule has 0 heterocycles. The molecule has 3 aromatic carbocycles. The van der Waals surface area contributed by atoms with Crippen LogP contribution >= 0.6 is 0 Å². The minimum Gasteiger partial charge on any atom is -0.457 e. The van der Waals surface area contributed by atoms with E-state index in [1.807, 2.05) is 38.1 Å². The highest BCUT2D eigenvalue weighted by molar-refractivity contribution is 6.00. The molecule has 3 rings (SSSR count). The molecule has 0 aliphatic rings. The van der Waals surface area contributed by atoms with Crippen LogP contribution in [0.5, 0.6) is 0 Å². The molecule has 2 unspecified atom stereocenters. The first-order valence-corrected chi connectivity index (χ1v) is 18.3. The van der Waals surface area contributed by atoms with E-state index < -0.39 is 35.7 Å². The van der Waals surface area contributed by atoms with Gasteiger partial charge in [-0.1, -0.05) is 44.7 Å². The van der Waals surface area contributed by atoms with Crippen LogP contribution in [0.4, 0.5) is 8.78 Å². The Hall–Kier alpha value is -4.63. The highest BCUT2D eigenvalue weighted by Crippen LogP contribution is 2.17. The van der Waals surface area contributed by atoms with E-state index in [0.717, 1.165) is 42.9 Å². The summed E-state index contributed by atoms with van der Waals surface area (Å²) >= 11 is 0. The monoisotopic (exact) mass is 733 g/mol. The van der Waals surface area contributed by atoms with Crippen molar-refractivity contribution in [2.75, 3.05) is 46.6 Å². The smallest absolute Gasteiger partial charge is 0.332 e. The molecule has 0 aromatic heterocycles. The molecule has 53 heavy (non-hydrogen) atoms. The number of hydrogen-bond donors (Lipinski definition) is 2. The standard InChI is InChI=1S/C42H53F2N3O6/c1-6-9-10-12-31-13-11-14-32(21-31)27-45-28-39(53-40(48)29-52-18-17-51-5)38(24-33-22-36(43)26-37(44)23-33)46-41(49)34-19-30(4)20-35(25-34)42(50)47(15-7-2)16-8-3/h11,13-14,19-23,25-26,38-39,45H,6-9,15-18,24,27-29H2,1-5H3,(H,46,49). The van der Waals surface area contributed by atoms with Gasteiger partial charge < -0.3 is 29.7 Å². The summed E-state index contributed by atoms with van der Waals surface area (Å²) in [7, 11) is 1.51. The van der Waals surface area contributed by atoms with E-state index in [0.29, 0.717) is 30.8 Å². The van der Waals surface area contributed by atoms with Crippen molar-refractivity contribution < 1.29 is 37.4 Å². The van der Waals surface area contributed by atoms with Crippen LogP contribution in [0.3, 0.4) is 0 Å². The number of nitrogens with zero attached hydrogens (tertiary/aromatic N) is 1. The van der Waals surface area contributed by atoms with Gasteiger partial charge in [0.1, 0.15) is 24.3 Å². The first-order valence-electron chi connectivity index (χ1n) is 18.3. The van der Waals surface area contributed by atoms with E-state index in [1.54, 1.807) is 30.0 Å². The van der Waals surface area contributed by atoms with E-state index in [4.69, 9.17) is 14.2 Å². The summed E-state index contributed by atoms with van der Waals surface area (Å²) in [4.78, 5) is 42.3. The number of nitrogens with one attached hydrogen (secondary N) is 2. The number of methoxy groups -OCH3 is 1. The largest absolute Gasteiger partial charge is 0.457 e. The van der Waals surface area contributed by atoms with Gasteiger partial charge in [-0.05, 0) is 91.8 Å². The van der Waals surface area contributed by atoms with Gasteiger partial charge >= 0.3 is 5.97 Å². The number of esters is 1. The lowest BCUT2D eigenvalue weighted by Gasteiger charge is -2.29. The number of amides is 2. The predicted molar refractivity (Wildman–Crippen MR) is 201 cm³/mol. The van der Waals surface area contributed by atoms with E-state index in [2.05, 4.69) is 29.4 Å². The highest BCUT2D eigenvalue weighted by atomic mass is 19.1. The highest BCUT2D eigenvalue weighted by Gasteiger charge is 2.29. The lowest BCUT2D eigenvalue weighted by molar-refractivity contribution is -0.156. The Balaban J connectivity index is 1.95. The minimum absolute atomic E-state index is 0.0683. The van der Waals surface area contributed by atoms with E-state index in [-0.39, 0.29) is 49.8 Å². The van der Waals surface area contributed by atoms with Crippen LogP contribution in [-0.4, -0.2) is 81.4 Å². The Morgan fingerprint density at radius 3 is 2.26 bits per heavy atom. The Labute approximate surface area is 312 Å². The molecule has 0 saturated carbocycles. The maximum atomic E-state index is 14.4. The van der Waals surface area contributed by atoms with Gasteiger partial charge in [0.2, 0.25) is 0 Å². The second-order valence-electron chi connectivity index (χ2n) is 12.9. The fourth-order valence-corrected chi connectivity index (χ4v) is 5.76. The normalized spacial score (nSPS) is 12.0. The van der Waals surface area contributed by atoms with Gasteiger partial charge in [0.15, 0.2) is 0 Å². The summed E-state index contributed by atoms with van der Waals surface area (Å²) < 4.78 is 45.0. The maximum Gasteiger partial charge on any atom is 0.332 e. The van der Waals surface area contributed by atoms with Crippen molar-refractivity contribution >= 4 is 17.8 Å². The number of benzene rings is 3. The van der Waals surface area contributed by atoms with Crippen LogP contribution < -0.4 is 10.6 Å². The van der Waals surface area contributed by atoms with E-state index in [9.17, 15) is 23.2 Å². The number of unbranched alkanes of at least 4 members (excludes halogenated alkanes) is 1. The third-order valence-corrected chi connectivity index (χ3v) is 8.15. The number of carbonyl (C=O) groups excluding carboxylic acids is 3. The van der Waals surface area contributed by atoms with E-state index in [1.165, 1.54) is 19.2 Å². The number of hydrogen-bond acceptors (Lipinski definition) is 7. The Morgan fingerprint density at radius 1 is 0.868 bits per heavy atom. The summed E-state index contributed by atoms with van der Waals surface area (Å²) in [5, 5.41) is 6.27. The topological polar surface area (TPSA) is 106 Å². The fraction of sp³-hybridized carbons (Fsp3) is 0.452. The summed E-state index contributed by atoms with van der Waals surface area (Å²) in [5.74, 6) is 3.33. The second-order valence-corrected chi connectivity index (χ2v) is 12.9. The number of aryl methyl sites for hydroxylation is 1. The van der Waals surface area contributed by atoms with Crippen LogP contribution in [0.25, 0.3) is 0 Å². The lowest BCUT2D eigenvalue weighted by Crippen LogP contribution is -2.51. The summed E-state index contributed by atoms with van der Waals surface area (Å²) in [6.07, 6.45) is 2.25. The predicted octanol–water partition coefficient (Wildman–Crippen LogP) is 6.39. The molecule has 11 heteroatoms. The average Bonchev–Trinajstić information content (AvgIpc) is 3.12. The van der Waals surface area contributed by atoms with Gasteiger partial charge in [-0.25, -0.2) is 13.6 Å². The maximum absolute atomic E-state index is 14.4. The van der Waals surface area contributed by atoms with Crippen LogP contribution in [-0.2, 0) is 32.0 Å². The molecule has 9 nitrogen and oxygen atoms in total. The summed E-state index contributed by atoms with van der Waals surface area (Å²) in [5.41, 5.74) is 3.36. The van der Waals surface area contributed by atoms with Crippen molar-refractivity contribution in [3.63, 3.8) is 0 Å². The molecule has 2 amide bonds. The molecule has 0 saturated heterocycles. The Bertz CT molecular complexity index is 1680. The van der Waals surface area contributed by atoms with Gasteiger partial charge in [-0.3, -0.25) is 9.59 Å². The van der Waals surface area contributed by atoms with Crippen LogP contribution in [0, 0.1) is 30.4 Å². The Morgan fingerprint density at radius 2 is 1.58 bits per heavy atom. The van der Waals surface area contributed by atoms with Crippen LogP contribution in [0.2, 0.25) is 0 Å². The van der Waals surface area contributed by atoms with Gasteiger partial charge in [0, 0.05) is 62.5 Å². The summed E-state index contributed by atoms with van der Waals surface area (Å²) in [6.45, 7) is 9.55. The molecule has 0 bridgehead atoms. The molecule has 2 atom stereocenters. The first kappa shape index (κ1) is 42.8. The SMILES string of the molecule is CCCC#Cc1cccc(CNCC(OC(=O)COCCOC)C(Cc2cc(F)cc(F)c2)NC(=O)c2cc(C)cc(C(=O)N(CCC)CCC)c2)c1. The zero-order valence-corrected chi connectivity index (χ0v) is 31.6. The second kappa shape index (κ2) is 23.1. The van der Waals surface area contributed by atoms with Crippen molar-refractivity contribution in [1.29, 1.82) is 0 Å². The van der Waals surface area contributed by atoms with Crippen molar-refractivity contribution in [1.82, 2.24) is 15.5 Å². The van der Waals surface area contributed by atoms with E-state index >= 15 is 0 Å². The van der Waals surface area contributed by atoms with Gasteiger partial charge in [-0.15, -0.1) is 0 Å². The molecule has 0 aliphatic carbocycles. The third kappa shape index (κ3) is 15.1. The van der Waals surface area contributed by atoms with Crippen molar-refractivity contribution in [2.24, 2.45) is 0 Å². The average molecular weight is 734 g/mol. The summed E-state index contributed by atoms with van der Waals surface area (Å²) in [6, 6.07) is 14.8. The van der Waals surface area contributed by atoms with Gasteiger partial charge in [0.05, 0.1) is 19.3 Å². The van der Waals surface area contributed by atoms with Crippen LogP contribution in [0.1, 0.15) is 89.4 Å². The zero-order valence-electron chi connectivity index (χ0n) is 31.6. The number of ether oxygens (including phenoxy) is 3. The molecule has 0 aliphatic heterocycles. The molecule has 0 spiro atoms. The van der Waals surface area contributed by atoms with Gasteiger partial charge in [0.25, 0.3) is 11.8 Å². The quantitative estimate of drug-likeness (QED) is 0.0743. The molecular formula is C42H53F2N3O6. The van der Waals surface area contributed by atoms with Crippen molar-refractivity contribution in [2.45, 2.75) is 78.5 Å². The molecule has 0 fully saturated rings. The Kier molecular flexibility index (Phi) is 18.7. The fourth-order valence-electron chi connectivity index (χ4n) is 5.76. The van der Waals surface area contributed by atoms with Crippen LogP contribution in [0.15, 0.2) is 60.7 Å².